The largest absolute Gasteiger partial charge is 0.326 e. The summed E-state index contributed by atoms with van der Waals surface area (Å²) >= 11 is 0. The van der Waals surface area contributed by atoms with Gasteiger partial charge in [-0.25, -0.2) is 4.98 Å². The van der Waals surface area contributed by atoms with Crippen molar-refractivity contribution in [2.75, 3.05) is 0 Å². The molecular formula is C14H14N4O3. The van der Waals surface area contributed by atoms with E-state index in [1.54, 1.807) is 18.2 Å². The average molecular weight is 286 g/mol. The molecule has 108 valence electrons. The van der Waals surface area contributed by atoms with Gasteiger partial charge in [-0.2, -0.15) is 0 Å². The lowest BCUT2D eigenvalue weighted by Crippen LogP contribution is -2.40. The van der Waals surface area contributed by atoms with Gasteiger partial charge in [-0.1, -0.05) is 12.1 Å². The Morgan fingerprint density at radius 3 is 2.81 bits per heavy atom. The molecule has 2 heterocycles. The van der Waals surface area contributed by atoms with Crippen LogP contribution >= 0.6 is 0 Å². The third kappa shape index (κ3) is 2.31. The first kappa shape index (κ1) is 13.4. The molecule has 2 amide bonds. The zero-order valence-corrected chi connectivity index (χ0v) is 11.2. The maximum atomic E-state index is 12.2. The van der Waals surface area contributed by atoms with Gasteiger partial charge in [0.2, 0.25) is 11.8 Å². The number of H-pyrrole nitrogens is 1. The van der Waals surface area contributed by atoms with E-state index in [0.717, 1.165) is 0 Å². The molecule has 0 spiro atoms. The first-order valence-corrected chi connectivity index (χ1v) is 6.65. The van der Waals surface area contributed by atoms with Crippen molar-refractivity contribution >= 4 is 22.7 Å². The molecule has 1 atom stereocenters. The van der Waals surface area contributed by atoms with Gasteiger partial charge in [0.15, 0.2) is 0 Å². The van der Waals surface area contributed by atoms with Crippen LogP contribution in [0.15, 0.2) is 23.0 Å². The predicted octanol–water partition coefficient (Wildman–Crippen LogP) is -0.0980. The second-order valence-electron chi connectivity index (χ2n) is 4.97. The number of hydrogen-bond acceptors (Lipinski definition) is 5. The fourth-order valence-corrected chi connectivity index (χ4v) is 2.57. The van der Waals surface area contributed by atoms with E-state index in [2.05, 4.69) is 15.3 Å². The summed E-state index contributed by atoms with van der Waals surface area (Å²) in [5.41, 5.74) is 6.51. The van der Waals surface area contributed by atoms with Gasteiger partial charge in [-0.15, -0.1) is 0 Å². The van der Waals surface area contributed by atoms with Crippen LogP contribution in [0.5, 0.6) is 0 Å². The molecule has 0 radical (unpaired) electrons. The van der Waals surface area contributed by atoms with Gasteiger partial charge in [0.05, 0.1) is 16.8 Å². The zero-order chi connectivity index (χ0) is 15.0. The molecule has 7 nitrogen and oxygen atoms in total. The van der Waals surface area contributed by atoms with E-state index in [-0.39, 0.29) is 30.3 Å². The highest BCUT2D eigenvalue weighted by atomic mass is 16.2. The van der Waals surface area contributed by atoms with E-state index in [0.29, 0.717) is 22.9 Å². The summed E-state index contributed by atoms with van der Waals surface area (Å²) in [6, 6.07) is 5.25. The van der Waals surface area contributed by atoms with Crippen molar-refractivity contribution in [2.24, 2.45) is 5.73 Å². The Hall–Kier alpha value is -2.54. The average Bonchev–Trinajstić information content (AvgIpc) is 2.46. The third-order valence-electron chi connectivity index (χ3n) is 3.63. The maximum Gasteiger partial charge on any atom is 0.259 e. The van der Waals surface area contributed by atoms with Crippen LogP contribution in [0.1, 0.15) is 30.1 Å². The van der Waals surface area contributed by atoms with Gasteiger partial charge in [-0.3, -0.25) is 19.7 Å². The van der Waals surface area contributed by atoms with Gasteiger partial charge >= 0.3 is 0 Å². The minimum absolute atomic E-state index is 0.236. The normalized spacial score (nSPS) is 18.8. The molecule has 1 aromatic heterocycles. The fraction of sp³-hybridized carbons (Fsp3) is 0.286. The van der Waals surface area contributed by atoms with Gasteiger partial charge in [-0.05, 0) is 18.1 Å². The van der Waals surface area contributed by atoms with E-state index < -0.39 is 11.8 Å². The standard InChI is InChI=1S/C14H14N4O3/c15-6-7-2-1-3-9-11(7)14(21)18-12(16-9)8-4-5-10(19)17-13(8)20/h1-3,8H,4-6,15H2,(H,16,18,21)(H,17,19,20). The summed E-state index contributed by atoms with van der Waals surface area (Å²) in [6.07, 6.45) is 0.580. The lowest BCUT2D eigenvalue weighted by atomic mass is 9.97. The minimum atomic E-state index is -0.610. The highest BCUT2D eigenvalue weighted by Crippen LogP contribution is 2.22. The zero-order valence-electron chi connectivity index (χ0n) is 11.2. The van der Waals surface area contributed by atoms with E-state index >= 15 is 0 Å². The molecule has 21 heavy (non-hydrogen) atoms. The highest BCUT2D eigenvalue weighted by Gasteiger charge is 2.30. The van der Waals surface area contributed by atoms with Crippen molar-refractivity contribution < 1.29 is 9.59 Å². The Bertz CT molecular complexity index is 796. The van der Waals surface area contributed by atoms with Crippen LogP contribution in [-0.2, 0) is 16.1 Å². The Balaban J connectivity index is 2.11. The molecular weight excluding hydrogens is 272 g/mol. The Labute approximate surface area is 119 Å². The summed E-state index contributed by atoms with van der Waals surface area (Å²) in [5, 5.41) is 2.70. The SMILES string of the molecule is NCc1cccc2nc(C3CCC(=O)NC3=O)[nH]c(=O)c12. The van der Waals surface area contributed by atoms with Crippen LogP contribution in [0.25, 0.3) is 10.9 Å². The molecule has 0 aliphatic carbocycles. The van der Waals surface area contributed by atoms with Crippen LogP contribution in [0, 0.1) is 0 Å². The number of aromatic amines is 1. The smallest absolute Gasteiger partial charge is 0.259 e. The Morgan fingerprint density at radius 2 is 2.10 bits per heavy atom. The van der Waals surface area contributed by atoms with E-state index in [4.69, 9.17) is 5.73 Å². The summed E-state index contributed by atoms with van der Waals surface area (Å²) in [7, 11) is 0. The predicted molar refractivity (Wildman–Crippen MR) is 75.4 cm³/mol. The fourth-order valence-electron chi connectivity index (χ4n) is 2.57. The summed E-state index contributed by atoms with van der Waals surface area (Å²) in [4.78, 5) is 42.3. The molecule has 1 fully saturated rings. The molecule has 1 saturated heterocycles. The monoisotopic (exact) mass is 286 g/mol. The maximum absolute atomic E-state index is 12.2. The molecule has 1 aliphatic heterocycles. The number of fused-ring (bicyclic) bond motifs is 1. The van der Waals surface area contributed by atoms with Crippen LogP contribution in [0.3, 0.4) is 0 Å². The highest BCUT2D eigenvalue weighted by molar-refractivity contribution is 6.00. The number of amides is 2. The van der Waals surface area contributed by atoms with Crippen LogP contribution in [0.2, 0.25) is 0 Å². The molecule has 2 aromatic rings. The lowest BCUT2D eigenvalue weighted by molar-refractivity contribution is -0.134. The molecule has 1 unspecified atom stereocenters. The molecule has 4 N–H and O–H groups in total. The molecule has 0 saturated carbocycles. The number of aromatic nitrogens is 2. The van der Waals surface area contributed by atoms with Crippen molar-refractivity contribution in [3.63, 3.8) is 0 Å². The molecule has 0 bridgehead atoms. The minimum Gasteiger partial charge on any atom is -0.326 e. The number of nitrogens with zero attached hydrogens (tertiary/aromatic N) is 1. The summed E-state index contributed by atoms with van der Waals surface area (Å²) < 4.78 is 0. The molecule has 1 aromatic carbocycles. The lowest BCUT2D eigenvalue weighted by Gasteiger charge is -2.20. The number of benzene rings is 1. The Morgan fingerprint density at radius 1 is 1.29 bits per heavy atom. The number of rotatable bonds is 2. The second kappa shape index (κ2) is 5.10. The van der Waals surface area contributed by atoms with E-state index in [1.807, 2.05) is 0 Å². The second-order valence-corrected chi connectivity index (χ2v) is 4.97. The number of piperidine rings is 1. The summed E-state index contributed by atoms with van der Waals surface area (Å²) in [6.45, 7) is 0.236. The molecule has 1 aliphatic rings. The number of imide groups is 1. The van der Waals surface area contributed by atoms with E-state index in [9.17, 15) is 14.4 Å². The van der Waals surface area contributed by atoms with Crippen molar-refractivity contribution in [1.29, 1.82) is 0 Å². The van der Waals surface area contributed by atoms with Crippen molar-refractivity contribution in [3.8, 4) is 0 Å². The van der Waals surface area contributed by atoms with Crippen molar-refractivity contribution in [1.82, 2.24) is 15.3 Å². The number of nitrogens with two attached hydrogens (primary N) is 1. The number of hydrogen-bond donors (Lipinski definition) is 3. The van der Waals surface area contributed by atoms with Crippen LogP contribution in [-0.4, -0.2) is 21.8 Å². The van der Waals surface area contributed by atoms with Crippen LogP contribution in [0.4, 0.5) is 0 Å². The first-order chi connectivity index (χ1) is 10.1. The molecule has 7 heteroatoms. The number of carbonyl (C=O) groups excluding carboxylic acids is 2. The topological polar surface area (TPSA) is 118 Å². The quantitative estimate of drug-likeness (QED) is 0.666. The molecule has 3 rings (SSSR count). The van der Waals surface area contributed by atoms with Gasteiger partial charge < -0.3 is 10.7 Å². The third-order valence-corrected chi connectivity index (χ3v) is 3.63. The van der Waals surface area contributed by atoms with Gasteiger partial charge in [0.1, 0.15) is 5.82 Å². The van der Waals surface area contributed by atoms with Crippen molar-refractivity contribution in [2.45, 2.75) is 25.3 Å². The van der Waals surface area contributed by atoms with E-state index in [1.165, 1.54) is 0 Å². The number of nitrogens with one attached hydrogen (secondary N) is 2. The number of carbonyl (C=O) groups is 2. The van der Waals surface area contributed by atoms with Gasteiger partial charge in [0, 0.05) is 13.0 Å². The first-order valence-electron chi connectivity index (χ1n) is 6.65. The Kier molecular flexibility index (Phi) is 3.26. The summed E-state index contributed by atoms with van der Waals surface area (Å²) in [5.74, 6) is -1.05. The van der Waals surface area contributed by atoms with Crippen molar-refractivity contribution in [3.05, 3.63) is 39.9 Å². The van der Waals surface area contributed by atoms with Gasteiger partial charge in [0.25, 0.3) is 5.56 Å². The van der Waals surface area contributed by atoms with Crippen LogP contribution < -0.4 is 16.6 Å².